The standard InChI is InChI=1S/C22H23N3O2/c1-17-5-4-6-19(13-17)23-14-18-15-25(21-8-3-2-7-20(18)21)16-22(26)24-9-11-27-12-10-24/h2-8,13-15H,9-12,16H2,1H3. The Hall–Kier alpha value is -2.92. The second-order valence-electron chi connectivity index (χ2n) is 6.82. The average molecular weight is 361 g/mol. The van der Waals surface area contributed by atoms with Gasteiger partial charge in [-0.3, -0.25) is 9.79 Å². The minimum absolute atomic E-state index is 0.126. The Balaban J connectivity index is 1.61. The van der Waals surface area contributed by atoms with Crippen LogP contribution in [0.1, 0.15) is 11.1 Å². The molecule has 0 bridgehead atoms. The molecular weight excluding hydrogens is 338 g/mol. The van der Waals surface area contributed by atoms with Gasteiger partial charge in [0.1, 0.15) is 6.54 Å². The van der Waals surface area contributed by atoms with Crippen LogP contribution in [0.25, 0.3) is 10.9 Å². The van der Waals surface area contributed by atoms with E-state index in [4.69, 9.17) is 4.74 Å². The van der Waals surface area contributed by atoms with Crippen LogP contribution >= 0.6 is 0 Å². The number of carbonyl (C=O) groups is 1. The summed E-state index contributed by atoms with van der Waals surface area (Å²) in [6.07, 6.45) is 3.90. The number of hydrogen-bond acceptors (Lipinski definition) is 3. The van der Waals surface area contributed by atoms with Crippen molar-refractivity contribution in [2.75, 3.05) is 26.3 Å². The maximum Gasteiger partial charge on any atom is 0.242 e. The lowest BCUT2D eigenvalue weighted by atomic mass is 10.2. The predicted molar refractivity (Wildman–Crippen MR) is 108 cm³/mol. The fraction of sp³-hybridized carbons (Fsp3) is 0.273. The number of ether oxygens (including phenoxy) is 1. The molecule has 1 amide bonds. The number of amides is 1. The van der Waals surface area contributed by atoms with E-state index in [-0.39, 0.29) is 5.91 Å². The van der Waals surface area contributed by atoms with Gasteiger partial charge < -0.3 is 14.2 Å². The molecule has 0 atom stereocenters. The molecule has 1 aliphatic rings. The molecule has 0 N–H and O–H groups in total. The highest BCUT2D eigenvalue weighted by molar-refractivity contribution is 6.00. The normalized spacial score (nSPS) is 14.9. The Labute approximate surface area is 158 Å². The van der Waals surface area contributed by atoms with Gasteiger partial charge in [0.15, 0.2) is 0 Å². The zero-order valence-electron chi connectivity index (χ0n) is 15.5. The number of rotatable bonds is 4. The molecular formula is C22H23N3O2. The molecule has 0 unspecified atom stereocenters. The van der Waals surface area contributed by atoms with Crippen LogP contribution in [0, 0.1) is 6.92 Å². The molecule has 2 aromatic carbocycles. The van der Waals surface area contributed by atoms with E-state index in [1.54, 1.807) is 0 Å². The van der Waals surface area contributed by atoms with Gasteiger partial charge in [0, 0.05) is 42.0 Å². The second-order valence-corrected chi connectivity index (χ2v) is 6.82. The third-order valence-electron chi connectivity index (χ3n) is 4.84. The smallest absolute Gasteiger partial charge is 0.242 e. The van der Waals surface area contributed by atoms with Crippen LogP contribution in [0.5, 0.6) is 0 Å². The molecule has 0 spiro atoms. The monoisotopic (exact) mass is 361 g/mol. The number of aromatic nitrogens is 1. The third-order valence-corrected chi connectivity index (χ3v) is 4.84. The van der Waals surface area contributed by atoms with Crippen molar-refractivity contribution in [3.05, 3.63) is 65.9 Å². The topological polar surface area (TPSA) is 46.8 Å². The quantitative estimate of drug-likeness (QED) is 0.667. The zero-order chi connectivity index (χ0) is 18.6. The third kappa shape index (κ3) is 3.93. The van der Waals surface area contributed by atoms with Crippen LogP contribution < -0.4 is 0 Å². The van der Waals surface area contributed by atoms with E-state index >= 15 is 0 Å². The summed E-state index contributed by atoms with van der Waals surface area (Å²) in [5.74, 6) is 0.126. The second kappa shape index (κ2) is 7.76. The Bertz CT molecular complexity index is 984. The van der Waals surface area contributed by atoms with Gasteiger partial charge >= 0.3 is 0 Å². The lowest BCUT2D eigenvalue weighted by Gasteiger charge is -2.27. The van der Waals surface area contributed by atoms with E-state index in [0.717, 1.165) is 22.2 Å². The number of para-hydroxylation sites is 1. The summed E-state index contributed by atoms with van der Waals surface area (Å²) in [7, 11) is 0. The van der Waals surface area contributed by atoms with E-state index in [1.165, 1.54) is 5.56 Å². The number of carbonyl (C=O) groups excluding carboxylic acids is 1. The van der Waals surface area contributed by atoms with Gasteiger partial charge in [-0.25, -0.2) is 0 Å². The van der Waals surface area contributed by atoms with Crippen molar-refractivity contribution in [2.24, 2.45) is 4.99 Å². The fourth-order valence-electron chi connectivity index (χ4n) is 3.42. The molecule has 1 saturated heterocycles. The van der Waals surface area contributed by atoms with Crippen molar-refractivity contribution in [3.8, 4) is 0 Å². The lowest BCUT2D eigenvalue weighted by molar-refractivity contribution is -0.135. The average Bonchev–Trinajstić information content (AvgIpc) is 3.05. The molecule has 2 heterocycles. The predicted octanol–water partition coefficient (Wildman–Crippen LogP) is 3.56. The van der Waals surface area contributed by atoms with Gasteiger partial charge in [0.2, 0.25) is 5.91 Å². The van der Waals surface area contributed by atoms with E-state index in [2.05, 4.69) is 30.1 Å². The molecule has 3 aromatic rings. The Morgan fingerprint density at radius 3 is 2.78 bits per heavy atom. The van der Waals surface area contributed by atoms with Crippen molar-refractivity contribution in [1.82, 2.24) is 9.47 Å². The molecule has 138 valence electrons. The van der Waals surface area contributed by atoms with Gasteiger partial charge in [-0.05, 0) is 30.7 Å². The highest BCUT2D eigenvalue weighted by Gasteiger charge is 2.18. The maximum atomic E-state index is 12.7. The Kier molecular flexibility index (Phi) is 5.03. The van der Waals surface area contributed by atoms with Crippen LogP contribution in [0.3, 0.4) is 0 Å². The summed E-state index contributed by atoms with van der Waals surface area (Å²) in [5, 5.41) is 1.10. The number of benzene rings is 2. The van der Waals surface area contributed by atoms with Crippen LogP contribution in [-0.4, -0.2) is 47.9 Å². The number of aliphatic imine (C=N–C) groups is 1. The molecule has 5 nitrogen and oxygen atoms in total. The summed E-state index contributed by atoms with van der Waals surface area (Å²) in [6.45, 7) is 4.96. The van der Waals surface area contributed by atoms with E-state index in [1.807, 2.05) is 52.2 Å². The molecule has 0 radical (unpaired) electrons. The SMILES string of the molecule is Cc1cccc(N=Cc2cn(CC(=O)N3CCOCC3)c3ccccc23)c1. The first-order valence-corrected chi connectivity index (χ1v) is 9.25. The minimum Gasteiger partial charge on any atom is -0.378 e. The molecule has 0 saturated carbocycles. The summed E-state index contributed by atoms with van der Waals surface area (Å²) in [4.78, 5) is 19.1. The number of hydrogen-bond donors (Lipinski definition) is 0. The van der Waals surface area contributed by atoms with Crippen molar-refractivity contribution < 1.29 is 9.53 Å². The van der Waals surface area contributed by atoms with Crippen molar-refractivity contribution in [2.45, 2.75) is 13.5 Å². The number of nitrogens with zero attached hydrogens (tertiary/aromatic N) is 3. The molecule has 1 aromatic heterocycles. The van der Waals surface area contributed by atoms with Gasteiger partial charge in [-0.1, -0.05) is 30.3 Å². The molecule has 1 aliphatic heterocycles. The number of morpholine rings is 1. The van der Waals surface area contributed by atoms with Crippen molar-refractivity contribution >= 4 is 28.7 Å². The first kappa shape index (κ1) is 17.5. The largest absolute Gasteiger partial charge is 0.378 e. The van der Waals surface area contributed by atoms with E-state index in [9.17, 15) is 4.79 Å². The Morgan fingerprint density at radius 2 is 1.96 bits per heavy atom. The molecule has 5 heteroatoms. The van der Waals surface area contributed by atoms with Crippen molar-refractivity contribution in [3.63, 3.8) is 0 Å². The lowest BCUT2D eigenvalue weighted by Crippen LogP contribution is -2.42. The fourth-order valence-corrected chi connectivity index (χ4v) is 3.42. The molecule has 0 aliphatic carbocycles. The number of aryl methyl sites for hydroxylation is 1. The Morgan fingerprint density at radius 1 is 1.15 bits per heavy atom. The molecule has 1 fully saturated rings. The van der Waals surface area contributed by atoms with Crippen LogP contribution in [0.4, 0.5) is 5.69 Å². The minimum atomic E-state index is 0.126. The van der Waals surface area contributed by atoms with Crippen LogP contribution in [0.15, 0.2) is 59.7 Å². The summed E-state index contributed by atoms with van der Waals surface area (Å²) in [5.41, 5.74) is 4.17. The van der Waals surface area contributed by atoms with E-state index in [0.29, 0.717) is 32.8 Å². The molecule has 27 heavy (non-hydrogen) atoms. The highest BCUT2D eigenvalue weighted by atomic mass is 16.5. The summed E-state index contributed by atoms with van der Waals surface area (Å²) >= 11 is 0. The van der Waals surface area contributed by atoms with Gasteiger partial charge in [-0.15, -0.1) is 0 Å². The first-order valence-electron chi connectivity index (χ1n) is 9.25. The van der Waals surface area contributed by atoms with Crippen LogP contribution in [0.2, 0.25) is 0 Å². The zero-order valence-corrected chi connectivity index (χ0v) is 15.5. The maximum absolute atomic E-state index is 12.7. The molecule has 4 rings (SSSR count). The van der Waals surface area contributed by atoms with E-state index < -0.39 is 0 Å². The van der Waals surface area contributed by atoms with Gasteiger partial charge in [0.25, 0.3) is 0 Å². The van der Waals surface area contributed by atoms with Gasteiger partial charge in [0.05, 0.1) is 18.9 Å². The van der Waals surface area contributed by atoms with Gasteiger partial charge in [-0.2, -0.15) is 0 Å². The van der Waals surface area contributed by atoms with Crippen LogP contribution in [-0.2, 0) is 16.1 Å². The van der Waals surface area contributed by atoms with Crippen molar-refractivity contribution in [1.29, 1.82) is 0 Å². The summed E-state index contributed by atoms with van der Waals surface area (Å²) < 4.78 is 7.36. The number of fused-ring (bicyclic) bond motifs is 1. The highest BCUT2D eigenvalue weighted by Crippen LogP contribution is 2.22. The summed E-state index contributed by atoms with van der Waals surface area (Å²) in [6, 6.07) is 16.2. The first-order chi connectivity index (χ1) is 13.2.